The Kier molecular flexibility index (Phi) is 4.05. The Morgan fingerprint density at radius 3 is 2.39 bits per heavy atom. The van der Waals surface area contributed by atoms with Gasteiger partial charge in [0.25, 0.3) is 0 Å². The van der Waals surface area contributed by atoms with Gasteiger partial charge in [-0.3, -0.25) is 0 Å². The molecule has 0 saturated heterocycles. The lowest BCUT2D eigenvalue weighted by Gasteiger charge is -2.28. The zero-order valence-electron chi connectivity index (χ0n) is 10.4. The minimum Gasteiger partial charge on any atom is -0.395 e. The Morgan fingerprint density at radius 1 is 1.06 bits per heavy atom. The molecule has 0 radical (unpaired) electrons. The van der Waals surface area contributed by atoms with Gasteiger partial charge in [-0.2, -0.15) is 0 Å². The highest BCUT2D eigenvalue weighted by Crippen LogP contribution is 2.28. The highest BCUT2D eigenvalue weighted by atomic mass is 35.5. The topological polar surface area (TPSA) is 20.2 Å². The van der Waals surface area contributed by atoms with E-state index in [-0.39, 0.29) is 12.0 Å². The lowest BCUT2D eigenvalue weighted by Crippen LogP contribution is -2.29. The third-order valence-corrected chi connectivity index (χ3v) is 3.54. The summed E-state index contributed by atoms with van der Waals surface area (Å²) in [5, 5.41) is 10.5. The molecule has 1 nitrogen and oxygen atoms in total. The fourth-order valence-corrected chi connectivity index (χ4v) is 2.40. The van der Waals surface area contributed by atoms with Crippen molar-refractivity contribution in [3.63, 3.8) is 0 Å². The Morgan fingerprint density at radius 2 is 1.78 bits per heavy atom. The van der Waals surface area contributed by atoms with Gasteiger partial charge < -0.3 is 5.11 Å². The standard InChI is InChI=1S/C16H17ClO/c1-16(12-18,14-7-3-2-4-8-14)11-13-6-5-9-15(17)10-13/h2-10,18H,11-12H2,1H3. The summed E-state index contributed by atoms with van der Waals surface area (Å²) in [6.07, 6.45) is 0.772. The van der Waals surface area contributed by atoms with Gasteiger partial charge in [-0.1, -0.05) is 61.0 Å². The maximum absolute atomic E-state index is 9.74. The van der Waals surface area contributed by atoms with Crippen molar-refractivity contribution >= 4 is 11.6 Å². The van der Waals surface area contributed by atoms with Crippen LogP contribution in [0.5, 0.6) is 0 Å². The van der Waals surface area contributed by atoms with Gasteiger partial charge in [0, 0.05) is 10.4 Å². The molecule has 0 saturated carbocycles. The second-order valence-electron chi connectivity index (χ2n) is 4.89. The van der Waals surface area contributed by atoms with Crippen molar-refractivity contribution < 1.29 is 5.11 Å². The van der Waals surface area contributed by atoms with Gasteiger partial charge in [-0.15, -0.1) is 0 Å². The van der Waals surface area contributed by atoms with Gasteiger partial charge in [0.1, 0.15) is 0 Å². The van der Waals surface area contributed by atoms with Crippen LogP contribution in [-0.2, 0) is 11.8 Å². The van der Waals surface area contributed by atoms with E-state index in [1.807, 2.05) is 42.5 Å². The third-order valence-electron chi connectivity index (χ3n) is 3.30. The fraction of sp³-hybridized carbons (Fsp3) is 0.250. The van der Waals surface area contributed by atoms with Crippen LogP contribution in [0.2, 0.25) is 5.02 Å². The molecule has 0 amide bonds. The zero-order valence-corrected chi connectivity index (χ0v) is 11.2. The summed E-state index contributed by atoms with van der Waals surface area (Å²) in [6.45, 7) is 2.19. The second-order valence-corrected chi connectivity index (χ2v) is 5.33. The van der Waals surface area contributed by atoms with Crippen LogP contribution in [-0.4, -0.2) is 11.7 Å². The number of rotatable bonds is 4. The lowest BCUT2D eigenvalue weighted by molar-refractivity contribution is 0.204. The molecule has 0 bridgehead atoms. The molecule has 0 aliphatic rings. The summed E-state index contributed by atoms with van der Waals surface area (Å²) in [4.78, 5) is 0. The largest absolute Gasteiger partial charge is 0.395 e. The van der Waals surface area contributed by atoms with Crippen LogP contribution in [0.3, 0.4) is 0 Å². The predicted octanol–water partition coefficient (Wildman–Crippen LogP) is 3.83. The number of aliphatic hydroxyl groups is 1. The molecule has 2 rings (SSSR count). The summed E-state index contributed by atoms with van der Waals surface area (Å²) in [5.41, 5.74) is 2.02. The lowest BCUT2D eigenvalue weighted by atomic mass is 9.78. The summed E-state index contributed by atoms with van der Waals surface area (Å²) < 4.78 is 0. The summed E-state index contributed by atoms with van der Waals surface area (Å²) in [5.74, 6) is 0. The van der Waals surface area contributed by atoms with Crippen molar-refractivity contribution in [2.45, 2.75) is 18.8 Å². The van der Waals surface area contributed by atoms with Crippen LogP contribution in [0.4, 0.5) is 0 Å². The molecule has 0 fully saturated rings. The Labute approximate surface area is 113 Å². The van der Waals surface area contributed by atoms with Crippen LogP contribution >= 0.6 is 11.6 Å². The quantitative estimate of drug-likeness (QED) is 0.886. The molecule has 1 N–H and O–H groups in total. The normalized spacial score (nSPS) is 14.2. The number of aliphatic hydroxyl groups excluding tert-OH is 1. The van der Waals surface area contributed by atoms with E-state index >= 15 is 0 Å². The number of hydrogen-bond donors (Lipinski definition) is 1. The monoisotopic (exact) mass is 260 g/mol. The Hall–Kier alpha value is -1.31. The average Bonchev–Trinajstić information content (AvgIpc) is 2.39. The highest BCUT2D eigenvalue weighted by Gasteiger charge is 2.26. The second kappa shape index (κ2) is 5.55. The van der Waals surface area contributed by atoms with E-state index in [0.717, 1.165) is 22.6 Å². The van der Waals surface area contributed by atoms with Gasteiger partial charge in [0.15, 0.2) is 0 Å². The van der Waals surface area contributed by atoms with E-state index in [1.54, 1.807) is 0 Å². The van der Waals surface area contributed by atoms with Crippen molar-refractivity contribution in [3.8, 4) is 0 Å². The first kappa shape index (κ1) is 13.1. The van der Waals surface area contributed by atoms with Crippen LogP contribution in [0.15, 0.2) is 54.6 Å². The number of hydrogen-bond acceptors (Lipinski definition) is 1. The molecule has 0 aliphatic carbocycles. The first-order valence-electron chi connectivity index (χ1n) is 6.05. The Balaban J connectivity index is 2.29. The van der Waals surface area contributed by atoms with E-state index in [0.29, 0.717) is 0 Å². The molecule has 0 aromatic heterocycles. The van der Waals surface area contributed by atoms with E-state index < -0.39 is 0 Å². The van der Waals surface area contributed by atoms with Crippen LogP contribution in [0.1, 0.15) is 18.1 Å². The van der Waals surface area contributed by atoms with E-state index in [1.165, 1.54) is 0 Å². The van der Waals surface area contributed by atoms with Crippen molar-refractivity contribution in [1.82, 2.24) is 0 Å². The van der Waals surface area contributed by atoms with Gasteiger partial charge in [-0.05, 0) is 29.7 Å². The first-order valence-corrected chi connectivity index (χ1v) is 6.43. The first-order chi connectivity index (χ1) is 8.64. The number of halogens is 1. The van der Waals surface area contributed by atoms with Crippen LogP contribution in [0, 0.1) is 0 Å². The minimum absolute atomic E-state index is 0.115. The number of benzene rings is 2. The maximum Gasteiger partial charge on any atom is 0.0528 e. The van der Waals surface area contributed by atoms with Crippen LogP contribution in [0.25, 0.3) is 0 Å². The summed E-state index contributed by atoms with van der Waals surface area (Å²) in [7, 11) is 0. The van der Waals surface area contributed by atoms with Gasteiger partial charge >= 0.3 is 0 Å². The van der Waals surface area contributed by atoms with Gasteiger partial charge in [0.05, 0.1) is 6.61 Å². The molecule has 2 aromatic carbocycles. The molecule has 1 unspecified atom stereocenters. The summed E-state index contributed by atoms with van der Waals surface area (Å²) in [6, 6.07) is 17.9. The molecule has 2 heteroatoms. The average molecular weight is 261 g/mol. The van der Waals surface area contributed by atoms with E-state index in [4.69, 9.17) is 11.6 Å². The molecule has 94 valence electrons. The molecular formula is C16H17ClO. The molecule has 0 spiro atoms. The predicted molar refractivity (Wildman–Crippen MR) is 76.0 cm³/mol. The minimum atomic E-state index is -0.272. The van der Waals surface area contributed by atoms with Gasteiger partial charge in [0.2, 0.25) is 0 Å². The third kappa shape index (κ3) is 2.92. The Bertz CT molecular complexity index is 510. The molecule has 2 aromatic rings. The zero-order chi connectivity index (χ0) is 13.0. The SMILES string of the molecule is CC(CO)(Cc1cccc(Cl)c1)c1ccccc1. The highest BCUT2D eigenvalue weighted by molar-refractivity contribution is 6.30. The maximum atomic E-state index is 9.74. The molecule has 18 heavy (non-hydrogen) atoms. The van der Waals surface area contributed by atoms with Crippen LogP contribution < -0.4 is 0 Å². The molecule has 0 heterocycles. The van der Waals surface area contributed by atoms with Crippen molar-refractivity contribution in [3.05, 3.63) is 70.7 Å². The molecular weight excluding hydrogens is 244 g/mol. The molecule has 0 aliphatic heterocycles. The fourth-order valence-electron chi connectivity index (χ4n) is 2.19. The smallest absolute Gasteiger partial charge is 0.0528 e. The van der Waals surface area contributed by atoms with Crippen molar-refractivity contribution in [2.24, 2.45) is 0 Å². The van der Waals surface area contributed by atoms with Crippen molar-refractivity contribution in [1.29, 1.82) is 0 Å². The van der Waals surface area contributed by atoms with Crippen molar-refractivity contribution in [2.75, 3.05) is 6.61 Å². The summed E-state index contributed by atoms with van der Waals surface area (Å²) >= 11 is 6.00. The van der Waals surface area contributed by atoms with Gasteiger partial charge in [-0.25, -0.2) is 0 Å². The van der Waals surface area contributed by atoms with E-state index in [2.05, 4.69) is 19.1 Å². The van der Waals surface area contributed by atoms with E-state index in [9.17, 15) is 5.11 Å². The molecule has 1 atom stereocenters.